The van der Waals surface area contributed by atoms with Crippen LogP contribution in [0, 0.1) is 0 Å². The van der Waals surface area contributed by atoms with E-state index >= 15 is 0 Å². The monoisotopic (exact) mass is 295 g/mol. The number of fused-ring (bicyclic) bond motifs is 1. The van der Waals surface area contributed by atoms with E-state index in [4.69, 9.17) is 11.6 Å². The molecular weight excluding hydrogens is 280 g/mol. The van der Waals surface area contributed by atoms with E-state index in [1.54, 1.807) is 17.4 Å². The van der Waals surface area contributed by atoms with Gasteiger partial charge in [-0.25, -0.2) is 0 Å². The molecule has 0 amide bonds. The average Bonchev–Trinajstić information content (AvgIpc) is 2.41. The van der Waals surface area contributed by atoms with Gasteiger partial charge in [0.15, 0.2) is 0 Å². The van der Waals surface area contributed by atoms with Gasteiger partial charge < -0.3 is 9.80 Å². The van der Waals surface area contributed by atoms with Crippen LogP contribution in [0.2, 0.25) is 5.02 Å². The molecule has 0 aliphatic carbocycles. The highest BCUT2D eigenvalue weighted by Crippen LogP contribution is 2.24. The number of nitrogens with zero attached hydrogens (tertiary/aromatic N) is 1. The molecule has 0 atom stereocenters. The molecule has 19 heavy (non-hydrogen) atoms. The Morgan fingerprint density at radius 2 is 2.05 bits per heavy atom. The van der Waals surface area contributed by atoms with Crippen LogP contribution < -0.4 is 15.2 Å². The quantitative estimate of drug-likeness (QED) is 0.856. The van der Waals surface area contributed by atoms with Gasteiger partial charge in [0.25, 0.3) is 0 Å². The van der Waals surface area contributed by atoms with Gasteiger partial charge >= 0.3 is 0 Å². The molecule has 100 valence electrons. The van der Waals surface area contributed by atoms with Gasteiger partial charge in [0.05, 0.1) is 38.9 Å². The van der Waals surface area contributed by atoms with Crippen molar-refractivity contribution in [3.63, 3.8) is 0 Å². The Bertz CT molecular complexity index is 662. The van der Waals surface area contributed by atoms with E-state index in [0.717, 1.165) is 42.0 Å². The lowest BCUT2D eigenvalue weighted by molar-refractivity contribution is -0.880. The largest absolute Gasteiger partial charge is 0.356 e. The second-order valence-corrected chi connectivity index (χ2v) is 6.38. The third-order valence-corrected chi connectivity index (χ3v) is 4.86. The van der Waals surface area contributed by atoms with Crippen LogP contribution in [0.15, 0.2) is 28.4 Å². The van der Waals surface area contributed by atoms with Crippen molar-refractivity contribution in [2.45, 2.75) is 0 Å². The van der Waals surface area contributed by atoms with Crippen LogP contribution in [-0.2, 0) is 0 Å². The van der Waals surface area contributed by atoms with Crippen molar-refractivity contribution in [2.24, 2.45) is 0 Å². The summed E-state index contributed by atoms with van der Waals surface area (Å²) < 4.78 is 0.998. The molecule has 1 aliphatic heterocycles. The van der Waals surface area contributed by atoms with Gasteiger partial charge in [-0.05, 0) is 18.2 Å². The Morgan fingerprint density at radius 1 is 1.32 bits per heavy atom. The molecule has 1 fully saturated rings. The lowest BCUT2D eigenvalue weighted by atomic mass is 10.2. The first kappa shape index (κ1) is 12.9. The maximum absolute atomic E-state index is 12.6. The van der Waals surface area contributed by atoms with Crippen molar-refractivity contribution >= 4 is 38.7 Å². The standard InChI is InChI=1S/C14H15ClN2OS/c1-16-4-6-17(7-5-16)12-9-19-13-3-2-10(15)8-11(13)14(12)18/h2-3,8-9H,4-7H2,1H3/p+1. The first-order chi connectivity index (χ1) is 9.15. The minimum Gasteiger partial charge on any atom is -0.356 e. The minimum atomic E-state index is 0.107. The zero-order chi connectivity index (χ0) is 13.4. The van der Waals surface area contributed by atoms with E-state index in [1.807, 2.05) is 17.5 Å². The van der Waals surface area contributed by atoms with Gasteiger partial charge in [-0.3, -0.25) is 4.79 Å². The molecule has 1 saturated heterocycles. The smallest absolute Gasteiger partial charge is 0.211 e. The van der Waals surface area contributed by atoms with Crippen molar-refractivity contribution in [2.75, 3.05) is 38.1 Å². The van der Waals surface area contributed by atoms with Crippen LogP contribution >= 0.6 is 22.9 Å². The molecule has 1 aliphatic rings. The number of hydrogen-bond donors (Lipinski definition) is 1. The normalized spacial score (nSPS) is 17.1. The Morgan fingerprint density at radius 3 is 2.79 bits per heavy atom. The Kier molecular flexibility index (Phi) is 3.48. The topological polar surface area (TPSA) is 24.8 Å². The van der Waals surface area contributed by atoms with E-state index in [1.165, 1.54) is 4.90 Å². The van der Waals surface area contributed by atoms with Crippen LogP contribution in [0.3, 0.4) is 0 Å². The molecule has 3 nitrogen and oxygen atoms in total. The van der Waals surface area contributed by atoms with Crippen molar-refractivity contribution in [1.82, 2.24) is 0 Å². The number of piperazine rings is 1. The molecule has 2 heterocycles. The van der Waals surface area contributed by atoms with Crippen LogP contribution in [0.5, 0.6) is 0 Å². The lowest BCUT2D eigenvalue weighted by Crippen LogP contribution is -3.12. The van der Waals surface area contributed by atoms with Gasteiger partial charge in [-0.2, -0.15) is 0 Å². The highest BCUT2D eigenvalue weighted by atomic mass is 35.5. The van der Waals surface area contributed by atoms with E-state index in [-0.39, 0.29) is 5.43 Å². The third-order valence-electron chi connectivity index (χ3n) is 3.67. The summed E-state index contributed by atoms with van der Waals surface area (Å²) in [7, 11) is 2.19. The van der Waals surface area contributed by atoms with Gasteiger partial charge in [-0.1, -0.05) is 11.6 Å². The highest BCUT2D eigenvalue weighted by Gasteiger charge is 2.19. The van der Waals surface area contributed by atoms with Gasteiger partial charge in [0.2, 0.25) is 5.43 Å². The van der Waals surface area contributed by atoms with Crippen molar-refractivity contribution in [3.8, 4) is 0 Å². The van der Waals surface area contributed by atoms with Crippen LogP contribution in [0.25, 0.3) is 10.1 Å². The maximum atomic E-state index is 12.6. The van der Waals surface area contributed by atoms with Crippen LogP contribution in [-0.4, -0.2) is 33.2 Å². The number of anilines is 1. The van der Waals surface area contributed by atoms with Crippen LogP contribution in [0.1, 0.15) is 0 Å². The lowest BCUT2D eigenvalue weighted by Gasteiger charge is -2.31. The first-order valence-electron chi connectivity index (χ1n) is 6.42. The number of likely N-dealkylation sites (N-methyl/N-ethyl adjacent to an activating group) is 1. The van der Waals surface area contributed by atoms with Crippen molar-refractivity contribution < 1.29 is 4.90 Å². The average molecular weight is 296 g/mol. The van der Waals surface area contributed by atoms with Crippen molar-refractivity contribution in [1.29, 1.82) is 0 Å². The van der Waals surface area contributed by atoms with Crippen molar-refractivity contribution in [3.05, 3.63) is 38.8 Å². The Balaban J connectivity index is 2.05. The molecule has 5 heteroatoms. The first-order valence-corrected chi connectivity index (χ1v) is 7.68. The SMILES string of the molecule is C[NH+]1CCN(c2csc3ccc(Cl)cc3c2=O)CC1. The number of rotatable bonds is 1. The molecule has 0 unspecified atom stereocenters. The minimum absolute atomic E-state index is 0.107. The Hall–Kier alpha value is -1.10. The predicted octanol–water partition coefficient (Wildman–Crippen LogP) is 1.25. The summed E-state index contributed by atoms with van der Waals surface area (Å²) in [5.74, 6) is 0. The zero-order valence-corrected chi connectivity index (χ0v) is 12.4. The molecule has 1 N–H and O–H groups in total. The summed E-state index contributed by atoms with van der Waals surface area (Å²) in [6.45, 7) is 4.05. The van der Waals surface area contributed by atoms with Crippen LogP contribution in [0.4, 0.5) is 5.69 Å². The molecule has 1 aromatic heterocycles. The predicted molar refractivity (Wildman–Crippen MR) is 81.9 cm³/mol. The van der Waals surface area contributed by atoms with Gasteiger partial charge in [0.1, 0.15) is 0 Å². The molecule has 0 spiro atoms. The fourth-order valence-corrected chi connectivity index (χ4v) is 3.53. The van der Waals surface area contributed by atoms with E-state index in [0.29, 0.717) is 5.02 Å². The molecule has 0 saturated carbocycles. The molecule has 1 aromatic carbocycles. The third kappa shape index (κ3) is 2.48. The van der Waals surface area contributed by atoms with E-state index in [9.17, 15) is 4.79 Å². The van der Waals surface area contributed by atoms with E-state index < -0.39 is 0 Å². The second kappa shape index (κ2) is 5.12. The molecule has 0 bridgehead atoms. The van der Waals surface area contributed by atoms with E-state index in [2.05, 4.69) is 11.9 Å². The van der Waals surface area contributed by atoms with Gasteiger partial charge in [0, 0.05) is 20.5 Å². The number of quaternary nitrogens is 1. The second-order valence-electron chi connectivity index (χ2n) is 5.03. The summed E-state index contributed by atoms with van der Waals surface area (Å²) in [5, 5.41) is 3.34. The number of halogens is 1. The number of hydrogen-bond acceptors (Lipinski definition) is 3. The van der Waals surface area contributed by atoms with Gasteiger partial charge in [-0.15, -0.1) is 11.3 Å². The molecular formula is C14H16ClN2OS+. The summed E-state index contributed by atoms with van der Waals surface area (Å²) in [6.07, 6.45) is 0. The Labute approximate surface area is 121 Å². The number of benzene rings is 1. The summed E-state index contributed by atoms with van der Waals surface area (Å²) in [6, 6.07) is 5.53. The fourth-order valence-electron chi connectivity index (χ4n) is 2.44. The summed E-state index contributed by atoms with van der Waals surface area (Å²) >= 11 is 7.61. The molecule has 0 radical (unpaired) electrons. The fraction of sp³-hybridized carbons (Fsp3) is 0.357. The maximum Gasteiger partial charge on any atom is 0.211 e. The molecule has 2 aromatic rings. The molecule has 3 rings (SSSR count). The highest BCUT2D eigenvalue weighted by molar-refractivity contribution is 7.16. The number of nitrogens with one attached hydrogen (secondary N) is 1. The summed E-state index contributed by atoms with van der Waals surface area (Å²) in [5.41, 5.74) is 0.933. The zero-order valence-electron chi connectivity index (χ0n) is 10.8. The summed E-state index contributed by atoms with van der Waals surface area (Å²) in [4.78, 5) is 16.3.